The van der Waals surface area contributed by atoms with Crippen molar-refractivity contribution >= 4 is 12.6 Å². The molecule has 2 unspecified atom stereocenters. The minimum absolute atomic E-state index is 0.120. The molecule has 0 bridgehead atoms. The van der Waals surface area contributed by atoms with Gasteiger partial charge in [-0.15, -0.1) is 0 Å². The highest BCUT2D eigenvalue weighted by atomic mass is 16.1. The molecule has 0 aromatic heterocycles. The molecule has 0 spiro atoms. The average Bonchev–Trinajstić information content (AvgIpc) is 2.05. The van der Waals surface area contributed by atoms with Gasteiger partial charge in [0, 0.05) is 5.92 Å². The van der Waals surface area contributed by atoms with Gasteiger partial charge < -0.3 is 9.59 Å². The van der Waals surface area contributed by atoms with Crippen molar-refractivity contribution in [3.8, 4) is 0 Å². The molecule has 0 amide bonds. The SMILES string of the molecule is CC1(C=O)C=CCCC1C=O. The van der Waals surface area contributed by atoms with E-state index in [0.29, 0.717) is 0 Å². The second-order valence-corrected chi connectivity index (χ2v) is 3.21. The molecule has 0 aliphatic heterocycles. The van der Waals surface area contributed by atoms with E-state index in [0.717, 1.165) is 25.4 Å². The molecule has 0 aromatic carbocycles. The molecule has 0 saturated carbocycles. The quantitative estimate of drug-likeness (QED) is 0.442. The van der Waals surface area contributed by atoms with Gasteiger partial charge in [-0.25, -0.2) is 0 Å². The maximum atomic E-state index is 10.6. The molecule has 0 saturated heterocycles. The van der Waals surface area contributed by atoms with E-state index < -0.39 is 5.41 Å². The van der Waals surface area contributed by atoms with E-state index in [1.54, 1.807) is 6.92 Å². The number of rotatable bonds is 2. The summed E-state index contributed by atoms with van der Waals surface area (Å²) in [6.07, 6.45) is 7.26. The third kappa shape index (κ3) is 1.39. The molecular weight excluding hydrogens is 140 g/mol. The maximum Gasteiger partial charge on any atom is 0.130 e. The first-order valence-corrected chi connectivity index (χ1v) is 3.82. The van der Waals surface area contributed by atoms with Gasteiger partial charge in [-0.3, -0.25) is 0 Å². The van der Waals surface area contributed by atoms with Crippen LogP contribution in [0.1, 0.15) is 19.8 Å². The van der Waals surface area contributed by atoms with Crippen molar-refractivity contribution in [2.45, 2.75) is 19.8 Å². The van der Waals surface area contributed by atoms with Crippen molar-refractivity contribution < 1.29 is 9.59 Å². The first-order chi connectivity index (χ1) is 5.23. The van der Waals surface area contributed by atoms with E-state index in [1.807, 2.05) is 12.2 Å². The number of hydrogen-bond acceptors (Lipinski definition) is 2. The third-order valence-electron chi connectivity index (χ3n) is 2.34. The maximum absolute atomic E-state index is 10.6. The number of allylic oxidation sites excluding steroid dienone is 2. The normalized spacial score (nSPS) is 36.6. The predicted octanol–water partition coefficient (Wildman–Crippen LogP) is 1.36. The second-order valence-electron chi connectivity index (χ2n) is 3.21. The second kappa shape index (κ2) is 2.99. The van der Waals surface area contributed by atoms with Gasteiger partial charge in [-0.1, -0.05) is 12.2 Å². The summed E-state index contributed by atoms with van der Waals surface area (Å²) in [6, 6.07) is 0. The van der Waals surface area contributed by atoms with Crippen molar-refractivity contribution in [1.82, 2.24) is 0 Å². The number of aldehydes is 2. The van der Waals surface area contributed by atoms with E-state index in [9.17, 15) is 9.59 Å². The molecular formula is C9H12O2. The highest BCUT2D eigenvalue weighted by Crippen LogP contribution is 2.32. The summed E-state index contributed by atoms with van der Waals surface area (Å²) >= 11 is 0. The summed E-state index contributed by atoms with van der Waals surface area (Å²) < 4.78 is 0. The van der Waals surface area contributed by atoms with Gasteiger partial charge >= 0.3 is 0 Å². The average molecular weight is 152 g/mol. The lowest BCUT2D eigenvalue weighted by Crippen LogP contribution is -2.30. The number of carbonyl (C=O) groups excluding carboxylic acids is 2. The Kier molecular flexibility index (Phi) is 2.22. The lowest BCUT2D eigenvalue weighted by atomic mass is 9.73. The zero-order chi connectivity index (χ0) is 8.32. The van der Waals surface area contributed by atoms with Crippen molar-refractivity contribution in [3.05, 3.63) is 12.2 Å². The fourth-order valence-electron chi connectivity index (χ4n) is 1.39. The largest absolute Gasteiger partial charge is 0.303 e. The Labute approximate surface area is 66.3 Å². The first-order valence-electron chi connectivity index (χ1n) is 3.82. The zero-order valence-corrected chi connectivity index (χ0v) is 6.62. The van der Waals surface area contributed by atoms with E-state index >= 15 is 0 Å². The van der Waals surface area contributed by atoms with Crippen LogP contribution in [-0.2, 0) is 9.59 Å². The molecule has 2 nitrogen and oxygen atoms in total. The summed E-state index contributed by atoms with van der Waals surface area (Å²) in [5, 5.41) is 0. The predicted molar refractivity (Wildman–Crippen MR) is 42.1 cm³/mol. The minimum atomic E-state index is -0.542. The fourth-order valence-corrected chi connectivity index (χ4v) is 1.39. The van der Waals surface area contributed by atoms with Crippen LogP contribution in [0.2, 0.25) is 0 Å². The van der Waals surface area contributed by atoms with Gasteiger partial charge in [0.05, 0.1) is 5.41 Å². The van der Waals surface area contributed by atoms with Crippen LogP contribution in [-0.4, -0.2) is 12.6 Å². The Morgan fingerprint density at radius 1 is 1.55 bits per heavy atom. The lowest BCUT2D eigenvalue weighted by molar-refractivity contribution is -0.122. The monoisotopic (exact) mass is 152 g/mol. The van der Waals surface area contributed by atoms with Crippen molar-refractivity contribution in [1.29, 1.82) is 0 Å². The molecule has 0 N–H and O–H groups in total. The van der Waals surface area contributed by atoms with Crippen LogP contribution in [0, 0.1) is 11.3 Å². The van der Waals surface area contributed by atoms with Crippen LogP contribution in [0.4, 0.5) is 0 Å². The molecule has 0 fully saturated rings. The molecule has 2 heteroatoms. The van der Waals surface area contributed by atoms with Gasteiger partial charge in [0.15, 0.2) is 0 Å². The summed E-state index contributed by atoms with van der Waals surface area (Å²) in [4.78, 5) is 21.2. The van der Waals surface area contributed by atoms with Crippen molar-refractivity contribution in [3.63, 3.8) is 0 Å². The number of carbonyl (C=O) groups is 2. The van der Waals surface area contributed by atoms with E-state index in [-0.39, 0.29) is 5.92 Å². The lowest BCUT2D eigenvalue weighted by Gasteiger charge is -2.28. The van der Waals surface area contributed by atoms with E-state index in [2.05, 4.69) is 0 Å². The molecule has 1 aliphatic rings. The molecule has 1 aliphatic carbocycles. The van der Waals surface area contributed by atoms with Crippen LogP contribution in [0.15, 0.2) is 12.2 Å². The molecule has 11 heavy (non-hydrogen) atoms. The Hall–Kier alpha value is -0.920. The Morgan fingerprint density at radius 2 is 2.27 bits per heavy atom. The Balaban J connectivity index is 2.87. The Morgan fingerprint density at radius 3 is 2.73 bits per heavy atom. The molecule has 0 radical (unpaired) electrons. The third-order valence-corrected chi connectivity index (χ3v) is 2.34. The first kappa shape index (κ1) is 8.18. The van der Waals surface area contributed by atoms with Gasteiger partial charge in [0.2, 0.25) is 0 Å². The van der Waals surface area contributed by atoms with Gasteiger partial charge in [-0.05, 0) is 19.8 Å². The molecule has 0 aromatic rings. The summed E-state index contributed by atoms with van der Waals surface area (Å²) in [7, 11) is 0. The molecule has 1 rings (SSSR count). The zero-order valence-electron chi connectivity index (χ0n) is 6.62. The van der Waals surface area contributed by atoms with Crippen molar-refractivity contribution in [2.75, 3.05) is 0 Å². The number of hydrogen-bond donors (Lipinski definition) is 0. The highest BCUT2D eigenvalue weighted by molar-refractivity contribution is 5.71. The molecule has 60 valence electrons. The Bertz CT molecular complexity index is 196. The van der Waals surface area contributed by atoms with Gasteiger partial charge in [-0.2, -0.15) is 0 Å². The summed E-state index contributed by atoms with van der Waals surface area (Å²) in [5.41, 5.74) is -0.542. The van der Waals surface area contributed by atoms with E-state index in [4.69, 9.17) is 0 Å². The smallest absolute Gasteiger partial charge is 0.130 e. The summed E-state index contributed by atoms with van der Waals surface area (Å²) in [5.74, 6) is -0.120. The molecule has 2 atom stereocenters. The van der Waals surface area contributed by atoms with Crippen molar-refractivity contribution in [2.24, 2.45) is 11.3 Å². The fraction of sp³-hybridized carbons (Fsp3) is 0.556. The van der Waals surface area contributed by atoms with Gasteiger partial charge in [0.1, 0.15) is 12.6 Å². The minimum Gasteiger partial charge on any atom is -0.303 e. The van der Waals surface area contributed by atoms with Crippen LogP contribution in [0.5, 0.6) is 0 Å². The van der Waals surface area contributed by atoms with Crippen LogP contribution in [0.3, 0.4) is 0 Å². The standard InChI is InChI=1S/C9H12O2/c1-9(7-11)5-3-2-4-8(9)6-10/h3,5-8H,2,4H2,1H3. The van der Waals surface area contributed by atoms with Crippen LogP contribution in [0.25, 0.3) is 0 Å². The van der Waals surface area contributed by atoms with Gasteiger partial charge in [0.25, 0.3) is 0 Å². The highest BCUT2D eigenvalue weighted by Gasteiger charge is 2.32. The summed E-state index contributed by atoms with van der Waals surface area (Å²) in [6.45, 7) is 1.80. The van der Waals surface area contributed by atoms with Crippen LogP contribution >= 0.6 is 0 Å². The molecule has 0 heterocycles. The van der Waals surface area contributed by atoms with Crippen LogP contribution < -0.4 is 0 Å². The van der Waals surface area contributed by atoms with E-state index in [1.165, 1.54) is 0 Å². The topological polar surface area (TPSA) is 34.1 Å².